The van der Waals surface area contributed by atoms with Gasteiger partial charge in [-0.15, -0.1) is 0 Å². The number of carbonyl (C=O) groups excluding carboxylic acids is 1. The molecule has 1 saturated carbocycles. The van der Waals surface area contributed by atoms with Crippen molar-refractivity contribution in [3.05, 3.63) is 0 Å². The van der Waals surface area contributed by atoms with E-state index in [1.807, 2.05) is 0 Å². The Hall–Kier alpha value is -1.12. The quantitative estimate of drug-likeness (QED) is 0.616. The van der Waals surface area contributed by atoms with Gasteiger partial charge in [0.05, 0.1) is 24.6 Å². The number of rotatable bonds is 2. The monoisotopic (exact) mass is 181 g/mol. The Balaban J connectivity index is 1.97. The maximum atomic E-state index is 11.3. The molecule has 1 aliphatic carbocycles. The fourth-order valence-electron chi connectivity index (χ4n) is 1.34. The van der Waals surface area contributed by atoms with E-state index in [0.29, 0.717) is 6.54 Å². The maximum absolute atomic E-state index is 11.3. The lowest BCUT2D eigenvalue weighted by Gasteiger charge is -2.16. The second-order valence-corrected chi connectivity index (χ2v) is 3.67. The van der Waals surface area contributed by atoms with Crippen LogP contribution < -0.4 is 5.73 Å². The van der Waals surface area contributed by atoms with Crippen LogP contribution in [0.2, 0.25) is 0 Å². The molecule has 2 aliphatic rings. The highest BCUT2D eigenvalue weighted by atomic mass is 16.7. The fourth-order valence-corrected chi connectivity index (χ4v) is 1.34. The number of nitrogens with zero attached hydrogens (tertiary/aromatic N) is 2. The van der Waals surface area contributed by atoms with Crippen molar-refractivity contribution >= 4 is 5.91 Å². The summed E-state index contributed by atoms with van der Waals surface area (Å²) in [5, 5.41) is 10.0. The van der Waals surface area contributed by atoms with Crippen LogP contribution in [0.4, 0.5) is 0 Å². The van der Waals surface area contributed by atoms with Gasteiger partial charge in [0, 0.05) is 0 Å². The first kappa shape index (κ1) is 8.48. The van der Waals surface area contributed by atoms with E-state index < -0.39 is 6.04 Å². The number of amides is 1. The highest BCUT2D eigenvalue weighted by Crippen LogP contribution is 2.45. The van der Waals surface area contributed by atoms with Gasteiger partial charge in [0.2, 0.25) is 0 Å². The molecule has 0 bridgehead atoms. The van der Waals surface area contributed by atoms with Crippen LogP contribution in [0, 0.1) is 16.7 Å². The molecule has 2 rings (SSSR count). The third-order valence-electron chi connectivity index (χ3n) is 2.51. The minimum absolute atomic E-state index is 0.207. The van der Waals surface area contributed by atoms with Crippen molar-refractivity contribution in [3.63, 3.8) is 0 Å². The van der Waals surface area contributed by atoms with Gasteiger partial charge >= 0.3 is 0 Å². The van der Waals surface area contributed by atoms with Gasteiger partial charge in [-0.3, -0.25) is 9.63 Å². The lowest BCUT2D eigenvalue weighted by Crippen LogP contribution is -2.37. The van der Waals surface area contributed by atoms with Gasteiger partial charge in [0.1, 0.15) is 6.04 Å². The van der Waals surface area contributed by atoms with Gasteiger partial charge in [0.25, 0.3) is 5.91 Å². The first-order valence-corrected chi connectivity index (χ1v) is 4.28. The van der Waals surface area contributed by atoms with Gasteiger partial charge in [0.15, 0.2) is 0 Å². The van der Waals surface area contributed by atoms with Crippen LogP contribution in [0.1, 0.15) is 12.8 Å². The molecule has 1 saturated heterocycles. The molecule has 0 aromatic carbocycles. The Morgan fingerprint density at radius 1 is 1.77 bits per heavy atom. The second kappa shape index (κ2) is 2.69. The van der Waals surface area contributed by atoms with E-state index in [1.165, 1.54) is 5.06 Å². The van der Waals surface area contributed by atoms with E-state index in [2.05, 4.69) is 6.07 Å². The number of hydrogen-bond acceptors (Lipinski definition) is 4. The summed E-state index contributed by atoms with van der Waals surface area (Å²) in [6.45, 7) is 0.608. The Kier molecular flexibility index (Phi) is 1.75. The molecule has 1 aliphatic heterocycles. The fraction of sp³-hybridized carbons (Fsp3) is 0.750. The summed E-state index contributed by atoms with van der Waals surface area (Å²) in [6, 6.07) is 1.65. The van der Waals surface area contributed by atoms with Crippen molar-refractivity contribution in [1.29, 1.82) is 5.26 Å². The molecule has 0 aromatic rings. The minimum Gasteiger partial charge on any atom is -0.318 e. The van der Waals surface area contributed by atoms with Gasteiger partial charge in [-0.1, -0.05) is 0 Å². The number of hydroxylamine groups is 2. The number of nitriles is 1. The molecule has 2 N–H and O–H groups in total. The van der Waals surface area contributed by atoms with Gasteiger partial charge < -0.3 is 5.73 Å². The molecule has 70 valence electrons. The van der Waals surface area contributed by atoms with Crippen molar-refractivity contribution in [2.24, 2.45) is 11.1 Å². The molecule has 0 radical (unpaired) electrons. The Bertz CT molecular complexity index is 280. The SMILES string of the molecule is N#CC1(CN2OCC(N)C2=O)CC1. The van der Waals surface area contributed by atoms with Crippen LogP contribution in [-0.4, -0.2) is 30.2 Å². The van der Waals surface area contributed by atoms with Crippen molar-refractivity contribution in [2.45, 2.75) is 18.9 Å². The molecular weight excluding hydrogens is 170 g/mol. The van der Waals surface area contributed by atoms with E-state index in [9.17, 15) is 4.79 Å². The molecule has 5 heteroatoms. The Morgan fingerprint density at radius 3 is 2.85 bits per heavy atom. The molecule has 5 nitrogen and oxygen atoms in total. The predicted octanol–water partition coefficient (Wildman–Crippen LogP) is -0.609. The zero-order chi connectivity index (χ0) is 9.47. The summed E-state index contributed by atoms with van der Waals surface area (Å²) in [5.41, 5.74) is 5.10. The van der Waals surface area contributed by atoms with Crippen molar-refractivity contribution < 1.29 is 9.63 Å². The first-order valence-electron chi connectivity index (χ1n) is 4.28. The number of hydrogen-bond donors (Lipinski definition) is 1. The van der Waals surface area contributed by atoms with Crippen molar-refractivity contribution in [3.8, 4) is 6.07 Å². The molecule has 1 amide bonds. The largest absolute Gasteiger partial charge is 0.318 e. The zero-order valence-electron chi connectivity index (χ0n) is 7.19. The molecule has 1 heterocycles. The predicted molar refractivity (Wildman–Crippen MR) is 42.9 cm³/mol. The number of carbonyl (C=O) groups is 1. The van der Waals surface area contributed by atoms with E-state index in [4.69, 9.17) is 15.8 Å². The zero-order valence-corrected chi connectivity index (χ0v) is 7.19. The topological polar surface area (TPSA) is 79.3 Å². The van der Waals surface area contributed by atoms with Gasteiger partial charge in [-0.2, -0.15) is 5.26 Å². The van der Waals surface area contributed by atoms with Crippen LogP contribution >= 0.6 is 0 Å². The Morgan fingerprint density at radius 2 is 2.46 bits per heavy atom. The second-order valence-electron chi connectivity index (χ2n) is 3.67. The van der Waals surface area contributed by atoms with Crippen LogP contribution in [0.25, 0.3) is 0 Å². The van der Waals surface area contributed by atoms with Crippen molar-refractivity contribution in [1.82, 2.24) is 5.06 Å². The molecule has 1 unspecified atom stereocenters. The standard InChI is InChI=1S/C8H11N3O2/c9-4-8(1-2-8)5-11-7(12)6(10)3-13-11/h6H,1-3,5,10H2. The normalized spacial score (nSPS) is 30.3. The lowest BCUT2D eigenvalue weighted by molar-refractivity contribution is -0.164. The molecule has 1 atom stereocenters. The summed E-state index contributed by atoms with van der Waals surface area (Å²) in [6.07, 6.45) is 1.71. The molecule has 13 heavy (non-hydrogen) atoms. The first-order chi connectivity index (χ1) is 6.17. The Labute approximate surface area is 76.0 Å². The maximum Gasteiger partial charge on any atom is 0.265 e. The van der Waals surface area contributed by atoms with E-state index >= 15 is 0 Å². The highest BCUT2D eigenvalue weighted by Gasteiger charge is 2.47. The van der Waals surface area contributed by atoms with Crippen LogP contribution in [0.15, 0.2) is 0 Å². The van der Waals surface area contributed by atoms with E-state index in [-0.39, 0.29) is 17.9 Å². The molecular formula is C8H11N3O2. The molecule has 0 aromatic heterocycles. The average molecular weight is 181 g/mol. The molecule has 0 spiro atoms. The highest BCUT2D eigenvalue weighted by molar-refractivity contribution is 5.82. The minimum atomic E-state index is -0.547. The van der Waals surface area contributed by atoms with Crippen LogP contribution in [0.5, 0.6) is 0 Å². The van der Waals surface area contributed by atoms with Gasteiger partial charge in [-0.25, -0.2) is 5.06 Å². The third-order valence-corrected chi connectivity index (χ3v) is 2.51. The van der Waals surface area contributed by atoms with E-state index in [1.54, 1.807) is 0 Å². The van der Waals surface area contributed by atoms with Crippen LogP contribution in [-0.2, 0) is 9.63 Å². The molecule has 2 fully saturated rings. The summed E-state index contributed by atoms with van der Waals surface area (Å²) in [5.74, 6) is -0.207. The van der Waals surface area contributed by atoms with Crippen LogP contribution in [0.3, 0.4) is 0 Å². The smallest absolute Gasteiger partial charge is 0.265 e. The summed E-state index contributed by atoms with van der Waals surface area (Å²) in [4.78, 5) is 16.4. The number of nitrogens with two attached hydrogens (primary N) is 1. The lowest BCUT2D eigenvalue weighted by atomic mass is 10.1. The third kappa shape index (κ3) is 1.39. The summed E-state index contributed by atoms with van der Waals surface area (Å²) >= 11 is 0. The summed E-state index contributed by atoms with van der Waals surface area (Å²) in [7, 11) is 0. The van der Waals surface area contributed by atoms with Gasteiger partial charge in [-0.05, 0) is 12.8 Å². The summed E-state index contributed by atoms with van der Waals surface area (Å²) < 4.78 is 0. The van der Waals surface area contributed by atoms with Crippen molar-refractivity contribution in [2.75, 3.05) is 13.2 Å². The average Bonchev–Trinajstić information content (AvgIpc) is 2.85. The van der Waals surface area contributed by atoms with E-state index in [0.717, 1.165) is 12.8 Å².